The molecule has 0 unspecified atom stereocenters. The Labute approximate surface area is 158 Å². The molecule has 1 aliphatic carbocycles. The molecular formula is C17H20F3N5OS. The quantitative estimate of drug-likeness (QED) is 0.553. The molecule has 1 fully saturated rings. The van der Waals surface area contributed by atoms with Crippen LogP contribution >= 0.6 is 11.3 Å². The summed E-state index contributed by atoms with van der Waals surface area (Å²) in [6.45, 7) is 1.33. The van der Waals surface area contributed by atoms with Crippen molar-refractivity contribution in [3.05, 3.63) is 40.0 Å². The number of pyridine rings is 1. The molecule has 0 atom stereocenters. The van der Waals surface area contributed by atoms with Gasteiger partial charge in [0, 0.05) is 31.2 Å². The molecule has 0 aromatic carbocycles. The van der Waals surface area contributed by atoms with Crippen LogP contribution in [-0.2, 0) is 19.3 Å². The Kier molecular flexibility index (Phi) is 6.15. The van der Waals surface area contributed by atoms with Crippen LogP contribution in [0.4, 0.5) is 13.2 Å². The van der Waals surface area contributed by atoms with Gasteiger partial charge >= 0.3 is 6.18 Å². The number of alkyl halides is 3. The summed E-state index contributed by atoms with van der Waals surface area (Å²) >= 11 is 0.957. The highest BCUT2D eigenvalue weighted by molar-refractivity contribution is 7.09. The number of nitrogens with zero attached hydrogens (tertiary/aromatic N) is 3. The van der Waals surface area contributed by atoms with E-state index in [1.807, 2.05) is 12.1 Å². The largest absolute Gasteiger partial charge is 0.477 e. The van der Waals surface area contributed by atoms with Gasteiger partial charge < -0.3 is 15.4 Å². The first-order valence-corrected chi connectivity index (χ1v) is 9.36. The fourth-order valence-corrected chi connectivity index (χ4v) is 2.96. The van der Waals surface area contributed by atoms with E-state index in [-0.39, 0.29) is 6.54 Å². The summed E-state index contributed by atoms with van der Waals surface area (Å²) in [6.07, 6.45) is -0.307. The summed E-state index contributed by atoms with van der Waals surface area (Å²) in [7, 11) is 1.59. The number of aromatic nitrogens is 2. The number of thiazole rings is 1. The van der Waals surface area contributed by atoms with Crippen molar-refractivity contribution in [3.8, 4) is 5.88 Å². The lowest BCUT2D eigenvalue weighted by atomic mass is 10.2. The van der Waals surface area contributed by atoms with Crippen LogP contribution in [0, 0.1) is 5.92 Å². The molecule has 0 aliphatic heterocycles. The fourth-order valence-electron chi connectivity index (χ4n) is 2.22. The Balaban J connectivity index is 1.47. The van der Waals surface area contributed by atoms with Crippen molar-refractivity contribution in [2.75, 3.05) is 13.7 Å². The molecule has 6 nitrogen and oxygen atoms in total. The predicted molar refractivity (Wildman–Crippen MR) is 96.6 cm³/mol. The van der Waals surface area contributed by atoms with Crippen molar-refractivity contribution >= 4 is 17.3 Å². The molecule has 2 aromatic heterocycles. The second-order valence-corrected chi connectivity index (χ2v) is 7.10. The Morgan fingerprint density at radius 3 is 2.78 bits per heavy atom. The SMILES string of the molecule is CN=C(NCc1ccnc(OCC2CC2)c1)NCc1nc(C(F)(F)F)cs1. The average molecular weight is 399 g/mol. The molecule has 2 aromatic rings. The summed E-state index contributed by atoms with van der Waals surface area (Å²) in [5.41, 5.74) is 0.0927. The third kappa shape index (κ3) is 6.09. The van der Waals surface area contributed by atoms with Crippen molar-refractivity contribution in [3.63, 3.8) is 0 Å². The monoisotopic (exact) mass is 399 g/mol. The molecule has 0 spiro atoms. The minimum atomic E-state index is -4.42. The Morgan fingerprint density at radius 2 is 2.11 bits per heavy atom. The lowest BCUT2D eigenvalue weighted by molar-refractivity contribution is -0.140. The van der Waals surface area contributed by atoms with E-state index in [9.17, 15) is 13.2 Å². The molecule has 0 saturated heterocycles. The van der Waals surface area contributed by atoms with Crippen LogP contribution in [0.3, 0.4) is 0 Å². The van der Waals surface area contributed by atoms with Gasteiger partial charge in [0.25, 0.3) is 0 Å². The van der Waals surface area contributed by atoms with Crippen LogP contribution in [0.25, 0.3) is 0 Å². The Hall–Kier alpha value is -2.36. The van der Waals surface area contributed by atoms with Crippen LogP contribution in [0.1, 0.15) is 29.1 Å². The molecule has 3 rings (SSSR count). The average Bonchev–Trinajstić information content (AvgIpc) is 3.34. The van der Waals surface area contributed by atoms with E-state index in [1.165, 1.54) is 12.8 Å². The molecule has 146 valence electrons. The van der Waals surface area contributed by atoms with Crippen molar-refractivity contribution in [2.45, 2.75) is 32.1 Å². The third-order valence-corrected chi connectivity index (χ3v) is 4.74. The summed E-state index contributed by atoms with van der Waals surface area (Å²) in [5, 5.41) is 7.41. The first kappa shape index (κ1) is 19.4. The van der Waals surface area contributed by atoms with Gasteiger partial charge in [0.05, 0.1) is 13.2 Å². The zero-order valence-electron chi connectivity index (χ0n) is 14.7. The molecule has 1 saturated carbocycles. The number of hydrogen-bond donors (Lipinski definition) is 2. The Bertz CT molecular complexity index is 789. The molecule has 1 aliphatic rings. The van der Waals surface area contributed by atoms with Crippen LogP contribution < -0.4 is 15.4 Å². The summed E-state index contributed by atoms with van der Waals surface area (Å²) in [4.78, 5) is 11.8. The van der Waals surface area contributed by atoms with Gasteiger partial charge in [0.2, 0.25) is 5.88 Å². The molecule has 0 amide bonds. The number of ether oxygens (including phenoxy) is 1. The maximum absolute atomic E-state index is 12.6. The number of rotatable bonds is 7. The van der Waals surface area contributed by atoms with Crippen LogP contribution in [0.2, 0.25) is 0 Å². The number of halogens is 3. The predicted octanol–water partition coefficient (Wildman–Crippen LogP) is 3.21. The van der Waals surface area contributed by atoms with Gasteiger partial charge in [-0.25, -0.2) is 9.97 Å². The second kappa shape index (κ2) is 8.55. The van der Waals surface area contributed by atoms with Gasteiger partial charge in [-0.15, -0.1) is 11.3 Å². The number of guanidine groups is 1. The molecule has 0 bridgehead atoms. The minimum Gasteiger partial charge on any atom is -0.477 e. The first-order valence-electron chi connectivity index (χ1n) is 8.48. The first-order chi connectivity index (χ1) is 12.9. The fraction of sp³-hybridized carbons (Fsp3) is 0.471. The lowest BCUT2D eigenvalue weighted by Crippen LogP contribution is -2.36. The van der Waals surface area contributed by atoms with E-state index in [0.717, 1.165) is 22.3 Å². The van der Waals surface area contributed by atoms with Crippen molar-refractivity contribution in [1.29, 1.82) is 0 Å². The van der Waals surface area contributed by atoms with Crippen LogP contribution in [-0.4, -0.2) is 29.6 Å². The topological polar surface area (TPSA) is 71.4 Å². The molecule has 2 N–H and O–H groups in total. The van der Waals surface area contributed by atoms with Gasteiger partial charge in [-0.2, -0.15) is 13.2 Å². The number of hydrogen-bond acceptors (Lipinski definition) is 5. The number of aliphatic imine (C=N–C) groups is 1. The number of nitrogens with one attached hydrogen (secondary N) is 2. The summed E-state index contributed by atoms with van der Waals surface area (Å²) < 4.78 is 43.4. The van der Waals surface area contributed by atoms with Crippen LogP contribution in [0.5, 0.6) is 5.88 Å². The van der Waals surface area contributed by atoms with E-state index in [2.05, 4.69) is 25.6 Å². The second-order valence-electron chi connectivity index (χ2n) is 6.16. The molecule has 27 heavy (non-hydrogen) atoms. The van der Waals surface area contributed by atoms with Crippen LogP contribution in [0.15, 0.2) is 28.7 Å². The van der Waals surface area contributed by atoms with E-state index in [0.29, 0.717) is 35.9 Å². The highest BCUT2D eigenvalue weighted by Gasteiger charge is 2.33. The summed E-state index contributed by atoms with van der Waals surface area (Å²) in [6, 6.07) is 3.72. The molecule has 2 heterocycles. The van der Waals surface area contributed by atoms with E-state index >= 15 is 0 Å². The van der Waals surface area contributed by atoms with Gasteiger partial charge in [-0.05, 0) is 30.4 Å². The maximum atomic E-state index is 12.6. The van der Waals surface area contributed by atoms with E-state index in [4.69, 9.17) is 4.74 Å². The van der Waals surface area contributed by atoms with Gasteiger partial charge in [0.15, 0.2) is 11.7 Å². The normalized spacial score (nSPS) is 14.9. The minimum absolute atomic E-state index is 0.159. The molecular weight excluding hydrogens is 379 g/mol. The Morgan fingerprint density at radius 1 is 1.33 bits per heavy atom. The van der Waals surface area contributed by atoms with E-state index < -0.39 is 11.9 Å². The smallest absolute Gasteiger partial charge is 0.434 e. The maximum Gasteiger partial charge on any atom is 0.434 e. The van der Waals surface area contributed by atoms with Crippen molar-refractivity contribution in [2.24, 2.45) is 10.9 Å². The third-order valence-electron chi connectivity index (χ3n) is 3.90. The van der Waals surface area contributed by atoms with Gasteiger partial charge in [-0.1, -0.05) is 0 Å². The van der Waals surface area contributed by atoms with Crippen molar-refractivity contribution in [1.82, 2.24) is 20.6 Å². The van der Waals surface area contributed by atoms with Gasteiger partial charge in [0.1, 0.15) is 5.01 Å². The summed E-state index contributed by atoms with van der Waals surface area (Å²) in [5.74, 6) is 1.71. The van der Waals surface area contributed by atoms with E-state index in [1.54, 1.807) is 13.2 Å². The highest BCUT2D eigenvalue weighted by Crippen LogP contribution is 2.30. The van der Waals surface area contributed by atoms with Crippen molar-refractivity contribution < 1.29 is 17.9 Å². The highest BCUT2D eigenvalue weighted by atomic mass is 32.1. The van der Waals surface area contributed by atoms with Gasteiger partial charge in [-0.3, -0.25) is 4.99 Å². The molecule has 10 heteroatoms. The zero-order valence-corrected chi connectivity index (χ0v) is 15.5. The zero-order chi connectivity index (χ0) is 19.3. The standard InChI is InChI=1S/C17H20F3N5OS/c1-21-16(24-8-15-25-13(10-27-15)17(18,19)20)23-7-12-4-5-22-14(6-12)26-9-11-2-3-11/h4-6,10-11H,2-3,7-9H2,1H3,(H2,21,23,24). The molecule has 0 radical (unpaired) electrons. The lowest BCUT2D eigenvalue weighted by Gasteiger charge is -2.11.